The maximum atomic E-state index is 13.2. The number of hydrogen-bond donors (Lipinski definition) is 1. The van der Waals surface area contributed by atoms with Crippen molar-refractivity contribution in [3.05, 3.63) is 54.1 Å². The van der Waals surface area contributed by atoms with Crippen molar-refractivity contribution < 1.29 is 9.18 Å². The van der Waals surface area contributed by atoms with Crippen molar-refractivity contribution in [1.29, 1.82) is 0 Å². The van der Waals surface area contributed by atoms with Gasteiger partial charge >= 0.3 is 0 Å². The first-order chi connectivity index (χ1) is 11.1. The van der Waals surface area contributed by atoms with E-state index in [2.05, 4.69) is 10.00 Å². The summed E-state index contributed by atoms with van der Waals surface area (Å²) in [6, 6.07) is 7.57. The molecule has 1 saturated heterocycles. The van der Waals surface area contributed by atoms with Gasteiger partial charge in [-0.05, 0) is 43.1 Å². The molecule has 0 bridgehead atoms. The van der Waals surface area contributed by atoms with Crippen molar-refractivity contribution in [2.24, 2.45) is 5.73 Å². The average molecular weight is 316 g/mol. The molecule has 2 atom stereocenters. The minimum absolute atomic E-state index is 0.186. The quantitative estimate of drug-likeness (QED) is 0.919. The van der Waals surface area contributed by atoms with Gasteiger partial charge in [0.15, 0.2) is 0 Å². The van der Waals surface area contributed by atoms with Gasteiger partial charge in [0.05, 0.1) is 6.54 Å². The highest BCUT2D eigenvalue weighted by molar-refractivity contribution is 5.81. The number of benzene rings is 1. The molecule has 2 N–H and O–H groups in total. The van der Waals surface area contributed by atoms with Crippen molar-refractivity contribution in [3.63, 3.8) is 0 Å². The molecule has 0 aliphatic carbocycles. The van der Waals surface area contributed by atoms with Crippen LogP contribution in [0.15, 0.2) is 42.7 Å². The third kappa shape index (κ3) is 3.59. The summed E-state index contributed by atoms with van der Waals surface area (Å²) in [5.74, 6) is -0.715. The number of halogens is 1. The first-order valence-corrected chi connectivity index (χ1v) is 7.93. The zero-order chi connectivity index (χ0) is 16.2. The summed E-state index contributed by atoms with van der Waals surface area (Å²) in [7, 11) is 0. The maximum Gasteiger partial charge on any atom is 0.239 e. The van der Waals surface area contributed by atoms with Crippen LogP contribution in [0.3, 0.4) is 0 Å². The molecule has 3 rings (SSSR count). The Morgan fingerprint density at radius 3 is 2.78 bits per heavy atom. The highest BCUT2D eigenvalue weighted by Crippen LogP contribution is 2.29. The number of rotatable bonds is 5. The number of nitrogens with two attached hydrogens (primary N) is 1. The summed E-state index contributed by atoms with van der Waals surface area (Å²) in [6.45, 7) is 1.52. The van der Waals surface area contributed by atoms with E-state index >= 15 is 0 Å². The van der Waals surface area contributed by atoms with Crippen LogP contribution in [0.4, 0.5) is 4.39 Å². The van der Waals surface area contributed by atoms with E-state index in [1.165, 1.54) is 12.1 Å². The lowest BCUT2D eigenvalue weighted by Crippen LogP contribution is -2.48. The van der Waals surface area contributed by atoms with Crippen LogP contribution in [0.2, 0.25) is 0 Å². The van der Waals surface area contributed by atoms with Crippen LogP contribution in [-0.2, 0) is 11.3 Å². The molecule has 1 amide bonds. The zero-order valence-corrected chi connectivity index (χ0v) is 12.9. The Hall–Kier alpha value is -2.21. The van der Waals surface area contributed by atoms with Gasteiger partial charge in [0.1, 0.15) is 11.9 Å². The Morgan fingerprint density at radius 1 is 1.35 bits per heavy atom. The molecule has 5 nitrogen and oxygen atoms in total. The minimum Gasteiger partial charge on any atom is -0.368 e. The molecule has 6 heteroatoms. The second-order valence-electron chi connectivity index (χ2n) is 5.97. The molecule has 1 aromatic carbocycles. The molecule has 2 aromatic rings. The Labute approximate surface area is 134 Å². The second kappa shape index (κ2) is 6.91. The zero-order valence-electron chi connectivity index (χ0n) is 12.9. The van der Waals surface area contributed by atoms with E-state index in [4.69, 9.17) is 5.73 Å². The van der Waals surface area contributed by atoms with E-state index in [9.17, 15) is 9.18 Å². The molecule has 0 spiro atoms. The van der Waals surface area contributed by atoms with Crippen LogP contribution < -0.4 is 5.73 Å². The lowest BCUT2D eigenvalue weighted by atomic mass is 9.95. The predicted molar refractivity (Wildman–Crippen MR) is 84.9 cm³/mol. The highest BCUT2D eigenvalue weighted by atomic mass is 19.1. The van der Waals surface area contributed by atoms with Crippen molar-refractivity contribution in [3.8, 4) is 0 Å². The van der Waals surface area contributed by atoms with Gasteiger partial charge in [-0.1, -0.05) is 18.6 Å². The molecule has 23 heavy (non-hydrogen) atoms. The summed E-state index contributed by atoms with van der Waals surface area (Å²) in [6.07, 6.45) is 6.81. The number of nitrogens with zero attached hydrogens (tertiary/aromatic N) is 3. The minimum atomic E-state index is -0.531. The summed E-state index contributed by atoms with van der Waals surface area (Å²) in [4.78, 5) is 14.2. The van der Waals surface area contributed by atoms with Crippen LogP contribution in [0.25, 0.3) is 0 Å². The van der Waals surface area contributed by atoms with E-state index in [1.807, 2.05) is 16.9 Å². The van der Waals surface area contributed by atoms with E-state index in [0.29, 0.717) is 0 Å². The van der Waals surface area contributed by atoms with Gasteiger partial charge in [-0.2, -0.15) is 5.10 Å². The number of aromatic nitrogens is 2. The maximum absolute atomic E-state index is 13.2. The fourth-order valence-electron chi connectivity index (χ4n) is 3.35. The number of carbonyl (C=O) groups is 1. The Bertz CT molecular complexity index is 641. The summed E-state index contributed by atoms with van der Waals surface area (Å²) in [5, 5.41) is 4.26. The van der Waals surface area contributed by atoms with Crippen LogP contribution in [0.5, 0.6) is 0 Å². The number of amides is 1. The van der Waals surface area contributed by atoms with E-state index in [-0.39, 0.29) is 11.9 Å². The molecular formula is C17H21FN4O. The van der Waals surface area contributed by atoms with Crippen molar-refractivity contribution in [1.82, 2.24) is 14.7 Å². The first-order valence-electron chi connectivity index (χ1n) is 7.93. The Kier molecular flexibility index (Phi) is 4.71. The van der Waals surface area contributed by atoms with Crippen molar-refractivity contribution >= 4 is 5.91 Å². The number of hydrogen-bond acceptors (Lipinski definition) is 3. The average Bonchev–Trinajstić information content (AvgIpc) is 3.04. The normalized spacial score (nSPS) is 20.3. The van der Waals surface area contributed by atoms with Gasteiger partial charge in [-0.25, -0.2) is 4.39 Å². The van der Waals surface area contributed by atoms with Gasteiger partial charge in [0.25, 0.3) is 0 Å². The number of primary amides is 1. The SMILES string of the molecule is NC(=O)[C@H](c1ccc(F)cc1)N1CCCC[C@H]1Cn1cccn1. The molecule has 2 heterocycles. The van der Waals surface area contributed by atoms with Crippen molar-refractivity contribution in [2.75, 3.05) is 6.54 Å². The fourth-order valence-corrected chi connectivity index (χ4v) is 3.35. The third-order valence-electron chi connectivity index (χ3n) is 4.42. The monoisotopic (exact) mass is 316 g/mol. The summed E-state index contributed by atoms with van der Waals surface area (Å²) >= 11 is 0. The Morgan fingerprint density at radius 2 is 2.13 bits per heavy atom. The van der Waals surface area contributed by atoms with E-state index in [1.54, 1.807) is 18.3 Å². The van der Waals surface area contributed by atoms with Crippen LogP contribution >= 0.6 is 0 Å². The molecule has 0 radical (unpaired) electrons. The van der Waals surface area contributed by atoms with E-state index in [0.717, 1.165) is 37.9 Å². The largest absolute Gasteiger partial charge is 0.368 e. The standard InChI is InChI=1S/C17H21FN4O/c18-14-7-5-13(6-8-14)16(17(19)23)22-11-2-1-4-15(22)12-21-10-3-9-20-21/h3,5-10,15-16H,1-2,4,11-12H2,(H2,19,23)/t15-,16-/m0/s1. The molecule has 0 saturated carbocycles. The van der Waals surface area contributed by atoms with Gasteiger partial charge in [-0.15, -0.1) is 0 Å². The van der Waals surface area contributed by atoms with Crippen molar-refractivity contribution in [2.45, 2.75) is 37.9 Å². The van der Waals surface area contributed by atoms with E-state index < -0.39 is 11.9 Å². The molecule has 1 aliphatic heterocycles. The molecule has 1 fully saturated rings. The fraction of sp³-hybridized carbons (Fsp3) is 0.412. The molecule has 1 aliphatic rings. The molecule has 1 aromatic heterocycles. The van der Waals surface area contributed by atoms with Gasteiger partial charge in [0.2, 0.25) is 5.91 Å². The predicted octanol–water partition coefficient (Wildman–Crippen LogP) is 2.10. The lowest BCUT2D eigenvalue weighted by molar-refractivity contribution is -0.125. The second-order valence-corrected chi connectivity index (χ2v) is 5.97. The molecule has 122 valence electrons. The first kappa shape index (κ1) is 15.7. The Balaban J connectivity index is 1.86. The van der Waals surface area contributed by atoms with Crippen LogP contribution in [0, 0.1) is 5.82 Å². The van der Waals surface area contributed by atoms with Gasteiger partial charge in [0, 0.05) is 18.4 Å². The lowest BCUT2D eigenvalue weighted by Gasteiger charge is -2.40. The summed E-state index contributed by atoms with van der Waals surface area (Å²) in [5.41, 5.74) is 6.42. The highest BCUT2D eigenvalue weighted by Gasteiger charge is 2.33. The third-order valence-corrected chi connectivity index (χ3v) is 4.42. The number of piperidine rings is 1. The topological polar surface area (TPSA) is 64.2 Å². The smallest absolute Gasteiger partial charge is 0.239 e. The van der Waals surface area contributed by atoms with Crippen LogP contribution in [-0.4, -0.2) is 33.2 Å². The summed E-state index contributed by atoms with van der Waals surface area (Å²) < 4.78 is 15.1. The van der Waals surface area contributed by atoms with Gasteiger partial charge in [-0.3, -0.25) is 14.4 Å². The number of carbonyl (C=O) groups excluding carboxylic acids is 1. The van der Waals surface area contributed by atoms with Gasteiger partial charge < -0.3 is 5.73 Å². The molecule has 0 unspecified atom stereocenters. The molecular weight excluding hydrogens is 295 g/mol. The number of likely N-dealkylation sites (tertiary alicyclic amines) is 1. The van der Waals surface area contributed by atoms with Crippen LogP contribution in [0.1, 0.15) is 30.9 Å².